The number of benzene rings is 1. The summed E-state index contributed by atoms with van der Waals surface area (Å²) in [5.74, 6) is -0.685. The smallest absolute Gasteiger partial charge is 0.325 e. The van der Waals surface area contributed by atoms with Crippen LogP contribution in [0.4, 0.5) is 4.79 Å². The Morgan fingerprint density at radius 3 is 2.43 bits per heavy atom. The molecule has 146 valence electrons. The maximum absolute atomic E-state index is 13.0. The topological polar surface area (TPSA) is 71.4 Å². The lowest BCUT2D eigenvalue weighted by molar-refractivity contribution is -0.130. The predicted octanol–water partition coefficient (Wildman–Crippen LogP) is 3.25. The van der Waals surface area contributed by atoms with Crippen LogP contribution in [-0.2, 0) is 16.9 Å². The van der Waals surface area contributed by atoms with E-state index in [2.05, 4.69) is 11.9 Å². The minimum absolute atomic E-state index is 0.264. The Balaban J connectivity index is 1.85. The molecule has 28 heavy (non-hydrogen) atoms. The summed E-state index contributed by atoms with van der Waals surface area (Å²) < 4.78 is 1.97. The number of Topliss-reactive ketones (excluding diaryl/α,β-unsaturated/α-hetero) is 1. The van der Waals surface area contributed by atoms with Crippen LogP contribution in [0.15, 0.2) is 43.0 Å². The van der Waals surface area contributed by atoms with Gasteiger partial charge >= 0.3 is 6.03 Å². The van der Waals surface area contributed by atoms with Gasteiger partial charge in [-0.2, -0.15) is 0 Å². The first-order valence-electron chi connectivity index (χ1n) is 9.21. The molecule has 6 nitrogen and oxygen atoms in total. The number of rotatable bonds is 6. The van der Waals surface area contributed by atoms with Crippen LogP contribution in [-0.4, -0.2) is 33.7 Å². The van der Waals surface area contributed by atoms with Crippen molar-refractivity contribution in [3.05, 3.63) is 71.1 Å². The number of allylic oxidation sites excluding steroid dienone is 1. The first kappa shape index (κ1) is 19.6. The largest absolute Gasteiger partial charge is 0.345 e. The molecule has 1 aliphatic rings. The number of hydrogen-bond donors (Lipinski definition) is 1. The number of aromatic nitrogens is 1. The van der Waals surface area contributed by atoms with Crippen molar-refractivity contribution in [3.8, 4) is 0 Å². The fraction of sp³-hybridized carbons (Fsp3) is 0.318. The normalized spacial score (nSPS) is 19.1. The Labute approximate surface area is 164 Å². The lowest BCUT2D eigenvalue weighted by Crippen LogP contribution is -2.41. The average Bonchev–Trinajstić information content (AvgIpc) is 3.05. The third-order valence-corrected chi connectivity index (χ3v) is 5.39. The van der Waals surface area contributed by atoms with Crippen molar-refractivity contribution in [2.24, 2.45) is 0 Å². The number of urea groups is 1. The minimum atomic E-state index is -1.18. The van der Waals surface area contributed by atoms with Gasteiger partial charge in [-0.15, -0.1) is 6.58 Å². The van der Waals surface area contributed by atoms with Gasteiger partial charge in [0.1, 0.15) is 5.54 Å². The monoisotopic (exact) mass is 379 g/mol. The highest BCUT2D eigenvalue weighted by molar-refractivity contribution is 6.11. The minimum Gasteiger partial charge on any atom is -0.345 e. The van der Waals surface area contributed by atoms with Crippen molar-refractivity contribution in [2.45, 2.75) is 39.8 Å². The van der Waals surface area contributed by atoms with Crippen molar-refractivity contribution in [1.29, 1.82) is 0 Å². The van der Waals surface area contributed by atoms with Crippen molar-refractivity contribution >= 4 is 17.7 Å². The maximum atomic E-state index is 13.0. The number of imide groups is 1. The van der Waals surface area contributed by atoms with E-state index in [1.807, 2.05) is 49.6 Å². The van der Waals surface area contributed by atoms with Crippen LogP contribution in [0, 0.1) is 20.8 Å². The summed E-state index contributed by atoms with van der Waals surface area (Å²) >= 11 is 0. The Morgan fingerprint density at radius 2 is 1.82 bits per heavy atom. The van der Waals surface area contributed by atoms with Crippen LogP contribution in [0.25, 0.3) is 0 Å². The van der Waals surface area contributed by atoms with Gasteiger partial charge in [0.15, 0.2) is 5.78 Å². The molecule has 1 fully saturated rings. The van der Waals surface area contributed by atoms with E-state index in [0.29, 0.717) is 17.7 Å². The molecule has 1 aromatic heterocycles. The van der Waals surface area contributed by atoms with Crippen LogP contribution in [0.1, 0.15) is 39.8 Å². The number of amides is 3. The summed E-state index contributed by atoms with van der Waals surface area (Å²) in [5.41, 5.74) is 2.83. The number of carbonyl (C=O) groups is 3. The van der Waals surface area contributed by atoms with E-state index in [4.69, 9.17) is 0 Å². The zero-order valence-corrected chi connectivity index (χ0v) is 16.7. The van der Waals surface area contributed by atoms with Crippen LogP contribution < -0.4 is 5.32 Å². The molecule has 1 unspecified atom stereocenters. The van der Waals surface area contributed by atoms with Gasteiger partial charge in [0.25, 0.3) is 5.91 Å². The molecule has 0 aliphatic carbocycles. The van der Waals surface area contributed by atoms with Gasteiger partial charge in [-0.3, -0.25) is 14.5 Å². The first-order valence-corrected chi connectivity index (χ1v) is 9.21. The summed E-state index contributed by atoms with van der Waals surface area (Å²) in [4.78, 5) is 39.4. The van der Waals surface area contributed by atoms with E-state index in [0.717, 1.165) is 21.9 Å². The highest BCUT2D eigenvalue weighted by Gasteiger charge is 2.49. The van der Waals surface area contributed by atoms with E-state index < -0.39 is 17.5 Å². The van der Waals surface area contributed by atoms with Gasteiger partial charge in [-0.25, -0.2) is 4.79 Å². The van der Waals surface area contributed by atoms with Gasteiger partial charge in [-0.1, -0.05) is 35.9 Å². The Kier molecular flexibility index (Phi) is 4.98. The Morgan fingerprint density at radius 1 is 1.18 bits per heavy atom. The zero-order chi connectivity index (χ0) is 20.6. The van der Waals surface area contributed by atoms with E-state index >= 15 is 0 Å². The zero-order valence-electron chi connectivity index (χ0n) is 16.7. The molecular formula is C22H25N3O3. The molecule has 0 saturated carbocycles. The molecule has 1 aromatic carbocycles. The average molecular weight is 379 g/mol. The lowest BCUT2D eigenvalue weighted by atomic mass is 9.91. The van der Waals surface area contributed by atoms with Crippen molar-refractivity contribution in [2.75, 3.05) is 6.54 Å². The van der Waals surface area contributed by atoms with E-state index in [1.165, 1.54) is 0 Å². The highest BCUT2D eigenvalue weighted by Crippen LogP contribution is 2.29. The molecule has 1 saturated heterocycles. The molecule has 0 radical (unpaired) electrons. The number of aryl methyl sites for hydroxylation is 2. The van der Waals surface area contributed by atoms with Crippen LogP contribution in [0.2, 0.25) is 0 Å². The fourth-order valence-corrected chi connectivity index (χ4v) is 3.65. The molecule has 1 atom stereocenters. The summed E-state index contributed by atoms with van der Waals surface area (Å²) in [6, 6.07) is 8.66. The second kappa shape index (κ2) is 7.11. The van der Waals surface area contributed by atoms with Crippen molar-refractivity contribution in [3.63, 3.8) is 0 Å². The molecule has 6 heteroatoms. The summed E-state index contributed by atoms with van der Waals surface area (Å²) in [6.07, 6.45) is 1.76. The number of nitrogens with one attached hydrogen (secondary N) is 1. The van der Waals surface area contributed by atoms with Gasteiger partial charge in [0, 0.05) is 23.5 Å². The molecule has 2 aromatic rings. The number of nitrogens with zero attached hydrogens (tertiary/aromatic N) is 2. The lowest BCUT2D eigenvalue weighted by Gasteiger charge is -2.22. The second-order valence-corrected chi connectivity index (χ2v) is 7.42. The van der Waals surface area contributed by atoms with E-state index in [9.17, 15) is 14.4 Å². The second-order valence-electron chi connectivity index (χ2n) is 7.42. The molecule has 1 N–H and O–H groups in total. The summed E-state index contributed by atoms with van der Waals surface area (Å²) in [5, 5.41) is 2.74. The van der Waals surface area contributed by atoms with Crippen molar-refractivity contribution < 1.29 is 14.4 Å². The van der Waals surface area contributed by atoms with Gasteiger partial charge in [0.05, 0.1) is 6.54 Å². The van der Waals surface area contributed by atoms with Crippen LogP contribution in [0.5, 0.6) is 0 Å². The standard InChI is InChI=1S/C22H25N3O3/c1-6-11-24-15(3)12-18(16(24)4)19(26)13-25-20(27)22(5,23-21(25)28)17-9-7-14(2)8-10-17/h6-10,12H,1,11,13H2,2-5H3,(H,23,28). The third-order valence-electron chi connectivity index (χ3n) is 5.39. The number of hydrogen-bond acceptors (Lipinski definition) is 3. The first-order chi connectivity index (χ1) is 13.2. The number of carbonyl (C=O) groups excluding carboxylic acids is 3. The Hall–Kier alpha value is -3.15. The fourth-order valence-electron chi connectivity index (χ4n) is 3.65. The number of ketones is 1. The summed E-state index contributed by atoms with van der Waals surface area (Å²) in [6.45, 7) is 11.4. The van der Waals surface area contributed by atoms with Crippen LogP contribution in [0.3, 0.4) is 0 Å². The molecule has 3 amide bonds. The molecule has 2 heterocycles. The molecule has 0 bridgehead atoms. The highest BCUT2D eigenvalue weighted by atomic mass is 16.2. The molecule has 3 rings (SSSR count). The van der Waals surface area contributed by atoms with Crippen LogP contribution >= 0.6 is 0 Å². The van der Waals surface area contributed by atoms with E-state index in [1.54, 1.807) is 19.1 Å². The predicted molar refractivity (Wildman–Crippen MR) is 107 cm³/mol. The van der Waals surface area contributed by atoms with Crippen molar-refractivity contribution in [1.82, 2.24) is 14.8 Å². The molecular weight excluding hydrogens is 354 g/mol. The van der Waals surface area contributed by atoms with E-state index in [-0.39, 0.29) is 12.3 Å². The Bertz CT molecular complexity index is 972. The molecule has 1 aliphatic heterocycles. The van der Waals surface area contributed by atoms with Gasteiger partial charge in [-0.05, 0) is 39.3 Å². The quantitative estimate of drug-likeness (QED) is 0.476. The van der Waals surface area contributed by atoms with Gasteiger partial charge < -0.3 is 9.88 Å². The SMILES string of the molecule is C=CCn1c(C)cc(C(=O)CN2C(=O)NC(C)(c3ccc(C)cc3)C2=O)c1C. The molecule has 0 spiro atoms. The third kappa shape index (κ3) is 3.15. The van der Waals surface area contributed by atoms with Gasteiger partial charge in [0.2, 0.25) is 0 Å². The summed E-state index contributed by atoms with van der Waals surface area (Å²) in [7, 11) is 0. The maximum Gasteiger partial charge on any atom is 0.325 e.